The highest BCUT2D eigenvalue weighted by molar-refractivity contribution is 7.15. The van der Waals surface area contributed by atoms with Gasteiger partial charge in [-0.25, -0.2) is 39.7 Å². The summed E-state index contributed by atoms with van der Waals surface area (Å²) in [7, 11) is 0. The highest BCUT2D eigenvalue weighted by atomic mass is 32.1. The lowest BCUT2D eigenvalue weighted by atomic mass is 10.00. The van der Waals surface area contributed by atoms with Crippen LogP contribution < -0.4 is 32.7 Å². The monoisotopic (exact) mass is 1270 g/mol. The SMILES string of the molecule is CCNC(=O)O[C@H]1CN2C(=O)[C@H](Cc3ccc(O)cc3)NC(=O)c3csc(n3)[C@H]([C@H](O)c3ccccc3)NC(=O)c3nc(sc3C)[C@H](CC(N)=O)NC(=O)c3csc(n3)-c3ccc(-c4nc(C(N)=O)cs4)nc3-c3csc(n3)-c3csc(n3)[C@H]2[C@H]1C. The van der Waals surface area contributed by atoms with E-state index in [1.54, 1.807) is 79.2 Å². The molecule has 24 nitrogen and oxygen atoms in total. The molecule has 2 aliphatic rings. The standard InChI is InChI=1S/C56H50N14O10S6/c1-4-59-56(79)80-38-18-70-43(24(38)2)54-67-37(23-85-54)51-63-33(19-82-51)41-29(14-15-30(60-41)50-64-34(20-83-50)45(58)74)49-65-35(21-81-49)46(75)61-31(17-39(57)72)52-69-40(25(3)86-52)48(77)68-42(44(73)27-8-6-5-7-9-27)53-66-36(22-84-53)47(76)62-32(55(70)78)16-26-10-12-28(71)13-11-26/h5-15,19-24,31-32,38,42-44,71,73H,4,16-18H2,1-3H3,(H2,57,72)(H2,58,74)(H,59,79)(H,61,75)(H,62,76)(H,68,77)/t24-,31-,32-,38-,42-,43+,44+/m0/s1. The molecule has 0 saturated carbocycles. The van der Waals surface area contributed by atoms with Crippen molar-refractivity contribution in [2.75, 3.05) is 13.1 Å². The molecule has 10 N–H and O–H groups in total. The van der Waals surface area contributed by atoms with Gasteiger partial charge in [-0.3, -0.25) is 28.8 Å². The fourth-order valence-electron chi connectivity index (χ4n) is 9.76. The minimum Gasteiger partial charge on any atom is -0.508 e. The van der Waals surface area contributed by atoms with Gasteiger partial charge in [0.05, 0.1) is 30.7 Å². The molecular formula is C56H50N14O10S6. The van der Waals surface area contributed by atoms with Crippen molar-refractivity contribution in [1.82, 2.24) is 61.1 Å². The van der Waals surface area contributed by atoms with Crippen LogP contribution in [-0.2, 0) is 20.7 Å². The number of aromatic hydroxyl groups is 1. The van der Waals surface area contributed by atoms with Gasteiger partial charge in [-0.05, 0) is 49.2 Å². The molecule has 2 aliphatic heterocycles. The number of phenolic OH excluding ortho intramolecular Hbond substituents is 1. The van der Waals surface area contributed by atoms with Crippen LogP contribution in [0.3, 0.4) is 0 Å². The highest BCUT2D eigenvalue weighted by Crippen LogP contribution is 2.44. The summed E-state index contributed by atoms with van der Waals surface area (Å²) in [6.45, 7) is 5.41. The van der Waals surface area contributed by atoms with E-state index >= 15 is 4.79 Å². The number of carbonyl (C=O) groups is 7. The summed E-state index contributed by atoms with van der Waals surface area (Å²) in [5.74, 6) is -4.83. The van der Waals surface area contributed by atoms with E-state index in [9.17, 15) is 39.0 Å². The number of aromatic nitrogens is 7. The Labute approximate surface area is 512 Å². The average molecular weight is 1270 g/mol. The molecule has 86 heavy (non-hydrogen) atoms. The molecule has 0 radical (unpaired) electrons. The van der Waals surface area contributed by atoms with E-state index in [1.807, 2.05) is 6.92 Å². The fourth-order valence-corrected chi connectivity index (χ4v) is 15.1. The number of carbonyl (C=O) groups excluding carboxylic acids is 7. The van der Waals surface area contributed by atoms with Gasteiger partial charge in [-0.1, -0.05) is 49.4 Å². The van der Waals surface area contributed by atoms with Crippen molar-refractivity contribution >= 4 is 110 Å². The van der Waals surface area contributed by atoms with Crippen LogP contribution in [0.2, 0.25) is 0 Å². The number of primary amides is 2. The van der Waals surface area contributed by atoms with Crippen molar-refractivity contribution < 1.29 is 48.5 Å². The quantitative estimate of drug-likeness (QED) is 0.0674. The molecule has 0 unspecified atom stereocenters. The van der Waals surface area contributed by atoms with E-state index in [2.05, 4.69) is 36.2 Å². The van der Waals surface area contributed by atoms with E-state index < -0.39 is 90.3 Å². The van der Waals surface area contributed by atoms with Gasteiger partial charge in [0.15, 0.2) is 0 Å². The molecule has 7 amide bonds. The minimum atomic E-state index is -1.43. The van der Waals surface area contributed by atoms with Crippen LogP contribution in [0, 0.1) is 12.8 Å². The molecular weight excluding hydrogens is 1220 g/mol. The highest BCUT2D eigenvalue weighted by Gasteiger charge is 2.48. The van der Waals surface area contributed by atoms with Crippen LogP contribution in [0.5, 0.6) is 5.75 Å². The Bertz CT molecular complexity index is 4070. The van der Waals surface area contributed by atoms with Crippen molar-refractivity contribution in [3.8, 4) is 49.1 Å². The van der Waals surface area contributed by atoms with Gasteiger partial charge in [0.25, 0.3) is 23.6 Å². The molecule has 7 atom stereocenters. The summed E-state index contributed by atoms with van der Waals surface area (Å²) < 4.78 is 5.95. The zero-order valence-electron chi connectivity index (χ0n) is 45.4. The van der Waals surface area contributed by atoms with Gasteiger partial charge in [0.1, 0.15) is 99.9 Å². The molecule has 9 aromatic rings. The number of fused-ring (bicyclic) bond motifs is 16. The molecule has 30 heteroatoms. The van der Waals surface area contributed by atoms with Crippen LogP contribution in [0.15, 0.2) is 93.6 Å². The van der Waals surface area contributed by atoms with Gasteiger partial charge in [-0.2, -0.15) is 0 Å². The topological polar surface area (TPSA) is 363 Å². The van der Waals surface area contributed by atoms with Crippen molar-refractivity contribution in [2.45, 2.75) is 70.0 Å². The Morgan fingerprint density at radius 2 is 1.35 bits per heavy atom. The second-order valence-corrected chi connectivity index (χ2v) is 25.4. The summed E-state index contributed by atoms with van der Waals surface area (Å²) in [6.07, 6.45) is -3.41. The Morgan fingerprint density at radius 3 is 2.08 bits per heavy atom. The zero-order valence-corrected chi connectivity index (χ0v) is 50.3. The number of alkyl carbamates (subject to hydrolysis) is 1. The number of thiazole rings is 6. The number of hydrogen-bond acceptors (Lipinski definition) is 23. The van der Waals surface area contributed by atoms with Crippen LogP contribution in [0.25, 0.3) is 43.4 Å². The Morgan fingerprint density at radius 1 is 0.698 bits per heavy atom. The van der Waals surface area contributed by atoms with Crippen molar-refractivity contribution in [3.63, 3.8) is 0 Å². The maximum absolute atomic E-state index is 15.5. The van der Waals surface area contributed by atoms with Crippen molar-refractivity contribution in [3.05, 3.63) is 147 Å². The molecule has 7 aromatic heterocycles. The van der Waals surface area contributed by atoms with Gasteiger partial charge in [0.2, 0.25) is 11.8 Å². The summed E-state index contributed by atoms with van der Waals surface area (Å²) in [6, 6.07) is 13.6. The number of hydrogen-bond donors (Lipinski definition) is 8. The molecule has 2 aromatic carbocycles. The molecule has 10 bridgehead atoms. The Hall–Kier alpha value is -8.78. The molecule has 1 saturated heterocycles. The number of aliphatic hydroxyl groups is 1. The lowest BCUT2D eigenvalue weighted by molar-refractivity contribution is -0.134. The molecule has 1 fully saturated rings. The second-order valence-electron chi connectivity index (χ2n) is 19.8. The van der Waals surface area contributed by atoms with Gasteiger partial charge < -0.3 is 52.6 Å². The van der Waals surface area contributed by atoms with E-state index in [4.69, 9.17) is 36.1 Å². The Kier molecular flexibility index (Phi) is 17.2. The number of rotatable bonds is 10. The normalized spacial score (nSPS) is 19.4. The maximum atomic E-state index is 15.5. The van der Waals surface area contributed by atoms with E-state index in [-0.39, 0.29) is 58.1 Å². The summed E-state index contributed by atoms with van der Waals surface area (Å²) >= 11 is 6.83. The number of nitrogens with zero attached hydrogens (tertiary/aromatic N) is 8. The summed E-state index contributed by atoms with van der Waals surface area (Å²) in [5, 5.41) is 43.5. The number of benzene rings is 2. The number of nitrogens with one attached hydrogen (secondary N) is 4. The third-order valence-corrected chi connectivity index (χ3v) is 19.6. The van der Waals surface area contributed by atoms with Crippen LogP contribution in [0.4, 0.5) is 4.79 Å². The molecule has 0 aliphatic carbocycles. The third kappa shape index (κ3) is 12.5. The van der Waals surface area contributed by atoms with E-state index in [0.29, 0.717) is 64.4 Å². The van der Waals surface area contributed by atoms with Crippen molar-refractivity contribution in [2.24, 2.45) is 17.4 Å². The Balaban J connectivity index is 1.03. The summed E-state index contributed by atoms with van der Waals surface area (Å²) in [5.41, 5.74) is 14.1. The number of pyridine rings is 1. The summed E-state index contributed by atoms with van der Waals surface area (Å²) in [4.78, 5) is 132. The first-order valence-electron chi connectivity index (χ1n) is 26.4. The van der Waals surface area contributed by atoms with Gasteiger partial charge in [0, 0.05) is 56.2 Å². The lowest BCUT2D eigenvalue weighted by Crippen LogP contribution is -2.50. The molecule has 0 spiro atoms. The minimum absolute atomic E-state index is 0.0179. The van der Waals surface area contributed by atoms with E-state index in [1.165, 1.54) is 55.8 Å². The predicted molar refractivity (Wildman–Crippen MR) is 322 cm³/mol. The third-order valence-electron chi connectivity index (χ3n) is 14.0. The van der Waals surface area contributed by atoms with E-state index in [0.717, 1.165) is 45.3 Å². The second kappa shape index (κ2) is 25.0. The number of nitrogens with two attached hydrogens (primary N) is 2. The molecule has 9 heterocycles. The van der Waals surface area contributed by atoms with Crippen LogP contribution >= 0.6 is 68.0 Å². The van der Waals surface area contributed by atoms with Crippen molar-refractivity contribution in [1.29, 1.82) is 0 Å². The number of ether oxygens (including phenoxy) is 1. The number of aliphatic hydroxyl groups excluding tert-OH is 1. The van der Waals surface area contributed by atoms with Crippen LogP contribution in [0.1, 0.15) is 117 Å². The molecule has 11 rings (SSSR count). The maximum Gasteiger partial charge on any atom is 0.407 e. The largest absolute Gasteiger partial charge is 0.508 e. The number of aryl methyl sites for hydroxylation is 1. The lowest BCUT2D eigenvalue weighted by Gasteiger charge is -2.29. The van der Waals surface area contributed by atoms with Gasteiger partial charge >= 0.3 is 6.09 Å². The zero-order chi connectivity index (χ0) is 60.5. The van der Waals surface area contributed by atoms with Gasteiger partial charge in [-0.15, -0.1) is 68.0 Å². The smallest absolute Gasteiger partial charge is 0.407 e. The molecule has 440 valence electrons. The number of phenols is 1. The van der Waals surface area contributed by atoms with Crippen LogP contribution in [-0.4, -0.2) is 117 Å². The first kappa shape index (κ1) is 59.0. The first-order chi connectivity index (χ1) is 41.4. The predicted octanol–water partition coefficient (Wildman–Crippen LogP) is 7.14. The number of amides is 7. The first-order valence-corrected chi connectivity index (χ1v) is 31.6. The average Bonchev–Trinajstić information content (AvgIpc) is 3.59. The fraction of sp³-hybridized carbons (Fsp3) is 0.250.